The van der Waals surface area contributed by atoms with Crippen LogP contribution in [0.25, 0.3) is 11.1 Å². The van der Waals surface area contributed by atoms with E-state index in [-0.39, 0.29) is 11.7 Å². The quantitative estimate of drug-likeness (QED) is 0.294. The molecule has 3 nitrogen and oxygen atoms in total. The Morgan fingerprint density at radius 2 is 1.24 bits per heavy atom. The fourth-order valence-electron chi connectivity index (χ4n) is 4.18. The topological polar surface area (TPSA) is 37.4 Å². The van der Waals surface area contributed by atoms with Crippen molar-refractivity contribution in [2.45, 2.75) is 71.1 Å². The molecule has 2 aromatic rings. The van der Waals surface area contributed by atoms with E-state index in [0.29, 0.717) is 12.1 Å². The van der Waals surface area contributed by atoms with E-state index in [1.54, 1.807) is 11.0 Å². The number of unbranched alkanes of at least 4 members (excludes halogenated alkanes) is 9. The van der Waals surface area contributed by atoms with Gasteiger partial charge in [0.25, 0.3) is 11.7 Å². The minimum absolute atomic E-state index is 0.370. The van der Waals surface area contributed by atoms with Crippen LogP contribution in [0.3, 0.4) is 0 Å². The molecule has 0 radical (unpaired) electrons. The highest BCUT2D eigenvalue weighted by atomic mass is 16.2. The van der Waals surface area contributed by atoms with Crippen LogP contribution in [0.5, 0.6) is 0 Å². The molecule has 0 N–H and O–H groups in total. The molecule has 154 valence electrons. The Balaban J connectivity index is 1.54. The number of nitrogens with zero attached hydrogens (tertiary/aromatic N) is 1. The number of para-hydroxylation sites is 1. The first-order valence-corrected chi connectivity index (χ1v) is 11.3. The molecule has 1 aliphatic rings. The van der Waals surface area contributed by atoms with Crippen LogP contribution in [-0.4, -0.2) is 18.2 Å². The Hall–Kier alpha value is -2.42. The molecular formula is C26H33NO2. The van der Waals surface area contributed by atoms with Crippen LogP contribution in [0, 0.1) is 0 Å². The SMILES string of the molecule is CCCCCCCCCCCCN1C(=O)C(=O)c2cccc(-c3ccccc3)c21. The molecule has 1 aliphatic heterocycles. The predicted octanol–water partition coefficient (Wildman–Crippen LogP) is 6.80. The molecule has 0 saturated carbocycles. The highest BCUT2D eigenvalue weighted by Crippen LogP contribution is 2.38. The van der Waals surface area contributed by atoms with Gasteiger partial charge in [-0.25, -0.2) is 0 Å². The maximum absolute atomic E-state index is 12.6. The lowest BCUT2D eigenvalue weighted by atomic mass is 10.00. The number of fused-ring (bicyclic) bond motifs is 1. The van der Waals surface area contributed by atoms with Crippen LogP contribution in [-0.2, 0) is 4.79 Å². The first kappa shape index (κ1) is 21.3. The van der Waals surface area contributed by atoms with E-state index in [1.807, 2.05) is 42.5 Å². The number of ketones is 1. The molecular weight excluding hydrogens is 358 g/mol. The van der Waals surface area contributed by atoms with Gasteiger partial charge in [-0.15, -0.1) is 0 Å². The summed E-state index contributed by atoms with van der Waals surface area (Å²) in [5.41, 5.74) is 3.35. The van der Waals surface area contributed by atoms with Gasteiger partial charge in [-0.3, -0.25) is 9.59 Å². The summed E-state index contributed by atoms with van der Waals surface area (Å²) in [5, 5.41) is 0. The molecule has 0 saturated heterocycles. The Kier molecular flexibility index (Phi) is 8.03. The largest absolute Gasteiger partial charge is 0.304 e. The number of hydrogen-bond donors (Lipinski definition) is 0. The van der Waals surface area contributed by atoms with Crippen molar-refractivity contribution in [3.63, 3.8) is 0 Å². The van der Waals surface area contributed by atoms with Gasteiger partial charge in [0.2, 0.25) is 0 Å². The normalized spacial score (nSPS) is 13.2. The van der Waals surface area contributed by atoms with E-state index in [9.17, 15) is 9.59 Å². The monoisotopic (exact) mass is 391 g/mol. The second kappa shape index (κ2) is 10.9. The molecule has 3 rings (SSSR count). The fourth-order valence-corrected chi connectivity index (χ4v) is 4.18. The third kappa shape index (κ3) is 5.35. The summed E-state index contributed by atoms with van der Waals surface area (Å²) in [6.07, 6.45) is 12.6. The van der Waals surface area contributed by atoms with Crippen LogP contribution in [0.4, 0.5) is 5.69 Å². The van der Waals surface area contributed by atoms with Crippen molar-refractivity contribution in [2.24, 2.45) is 0 Å². The Bertz CT molecular complexity index is 813. The molecule has 0 bridgehead atoms. The smallest absolute Gasteiger partial charge is 0.299 e. The van der Waals surface area contributed by atoms with Gasteiger partial charge in [0.1, 0.15) is 0 Å². The van der Waals surface area contributed by atoms with Crippen LogP contribution in [0.1, 0.15) is 81.5 Å². The van der Waals surface area contributed by atoms with Crippen LogP contribution >= 0.6 is 0 Å². The first-order chi connectivity index (χ1) is 14.2. The predicted molar refractivity (Wildman–Crippen MR) is 120 cm³/mol. The van der Waals surface area contributed by atoms with Crippen molar-refractivity contribution >= 4 is 17.4 Å². The van der Waals surface area contributed by atoms with Crippen molar-refractivity contribution in [3.05, 3.63) is 54.1 Å². The second-order valence-electron chi connectivity index (χ2n) is 8.04. The van der Waals surface area contributed by atoms with Crippen molar-refractivity contribution < 1.29 is 9.59 Å². The minimum Gasteiger partial charge on any atom is -0.304 e. The van der Waals surface area contributed by atoms with E-state index in [4.69, 9.17) is 0 Å². The molecule has 0 aromatic heterocycles. The molecule has 1 heterocycles. The average molecular weight is 392 g/mol. The van der Waals surface area contributed by atoms with E-state index in [2.05, 4.69) is 6.92 Å². The lowest BCUT2D eigenvalue weighted by molar-refractivity contribution is -0.114. The molecule has 0 aliphatic carbocycles. The van der Waals surface area contributed by atoms with Gasteiger partial charge in [-0.05, 0) is 18.1 Å². The summed E-state index contributed by atoms with van der Waals surface area (Å²) in [5.74, 6) is -0.746. The maximum atomic E-state index is 12.6. The summed E-state index contributed by atoms with van der Waals surface area (Å²) < 4.78 is 0. The third-order valence-corrected chi connectivity index (χ3v) is 5.81. The van der Waals surface area contributed by atoms with Crippen molar-refractivity contribution in [1.82, 2.24) is 0 Å². The Morgan fingerprint density at radius 3 is 1.90 bits per heavy atom. The molecule has 0 unspecified atom stereocenters. The molecule has 29 heavy (non-hydrogen) atoms. The van der Waals surface area contributed by atoms with Crippen molar-refractivity contribution in [3.8, 4) is 11.1 Å². The number of amides is 1. The lowest BCUT2D eigenvalue weighted by Crippen LogP contribution is -2.30. The van der Waals surface area contributed by atoms with Gasteiger partial charge in [-0.1, -0.05) is 107 Å². The number of hydrogen-bond acceptors (Lipinski definition) is 2. The number of rotatable bonds is 12. The van der Waals surface area contributed by atoms with Crippen molar-refractivity contribution in [2.75, 3.05) is 11.4 Å². The van der Waals surface area contributed by atoms with Gasteiger partial charge in [-0.2, -0.15) is 0 Å². The second-order valence-corrected chi connectivity index (χ2v) is 8.04. The number of anilines is 1. The van der Waals surface area contributed by atoms with Crippen LogP contribution in [0.15, 0.2) is 48.5 Å². The van der Waals surface area contributed by atoms with E-state index < -0.39 is 0 Å². The Labute approximate surface area is 175 Å². The van der Waals surface area contributed by atoms with Gasteiger partial charge >= 0.3 is 0 Å². The molecule has 1 amide bonds. The highest BCUT2D eigenvalue weighted by Gasteiger charge is 2.37. The number of Topliss-reactive ketones (excluding diaryl/α,β-unsaturated/α-hetero) is 1. The summed E-state index contributed by atoms with van der Waals surface area (Å²) in [6.45, 7) is 2.87. The standard InChI is InChI=1S/C26H33NO2/c1-2-3-4-5-6-7-8-9-10-14-20-27-24-22(21-16-12-11-13-17-21)18-15-19-23(24)25(28)26(27)29/h11-13,15-19H,2-10,14,20H2,1H3. The summed E-state index contributed by atoms with van der Waals surface area (Å²) in [7, 11) is 0. The molecule has 0 atom stereocenters. The lowest BCUT2D eigenvalue weighted by Gasteiger charge is -2.20. The van der Waals surface area contributed by atoms with E-state index in [1.165, 1.54) is 51.4 Å². The van der Waals surface area contributed by atoms with E-state index in [0.717, 1.165) is 29.7 Å². The minimum atomic E-state index is -0.376. The van der Waals surface area contributed by atoms with Gasteiger partial charge in [0.05, 0.1) is 11.3 Å². The van der Waals surface area contributed by atoms with Gasteiger partial charge in [0.15, 0.2) is 0 Å². The third-order valence-electron chi connectivity index (χ3n) is 5.81. The zero-order chi connectivity index (χ0) is 20.5. The maximum Gasteiger partial charge on any atom is 0.299 e. The van der Waals surface area contributed by atoms with Crippen LogP contribution in [0.2, 0.25) is 0 Å². The van der Waals surface area contributed by atoms with Crippen LogP contribution < -0.4 is 4.90 Å². The molecule has 3 heteroatoms. The number of benzene rings is 2. The number of carbonyl (C=O) groups is 2. The number of carbonyl (C=O) groups excluding carboxylic acids is 2. The van der Waals surface area contributed by atoms with Gasteiger partial charge < -0.3 is 4.90 Å². The van der Waals surface area contributed by atoms with Gasteiger partial charge in [0, 0.05) is 12.1 Å². The summed E-state index contributed by atoms with van der Waals surface area (Å²) in [6, 6.07) is 15.7. The van der Waals surface area contributed by atoms with E-state index >= 15 is 0 Å². The Morgan fingerprint density at radius 1 is 0.655 bits per heavy atom. The fraction of sp³-hybridized carbons (Fsp3) is 0.462. The van der Waals surface area contributed by atoms with Crippen molar-refractivity contribution in [1.29, 1.82) is 0 Å². The summed E-state index contributed by atoms with van der Waals surface area (Å²) >= 11 is 0. The zero-order valence-corrected chi connectivity index (χ0v) is 17.7. The molecule has 0 spiro atoms. The molecule has 2 aromatic carbocycles. The first-order valence-electron chi connectivity index (χ1n) is 11.3. The summed E-state index contributed by atoms with van der Waals surface area (Å²) in [4.78, 5) is 26.8. The zero-order valence-electron chi connectivity index (χ0n) is 17.7. The average Bonchev–Trinajstić information content (AvgIpc) is 3.00. The highest BCUT2D eigenvalue weighted by molar-refractivity contribution is 6.53. The molecule has 0 fully saturated rings.